The standard InChI is InChI=1S/C32H48N6O4/c1-5-7-17-33-28-27-29(36-31(35-28)42-22-8-6-2)38(32(34-27)41-4)19-10-9-18-37-20-15-25(16-21-37)23-24-11-13-26(14-12-24)30(39)40-3/h11-14,25H,5-10,15-23H2,1-4H3,(H,33,35,36). The number of aryl methyl sites for hydroxylation is 1. The van der Waals surface area contributed by atoms with E-state index in [0.29, 0.717) is 35.9 Å². The Hall–Kier alpha value is -3.40. The maximum absolute atomic E-state index is 11.7. The number of ether oxygens (including phenoxy) is 3. The first-order valence-electron chi connectivity index (χ1n) is 15.6. The van der Waals surface area contributed by atoms with Crippen molar-refractivity contribution in [2.75, 3.05) is 52.3 Å². The van der Waals surface area contributed by atoms with Crippen LogP contribution in [0.3, 0.4) is 0 Å². The fourth-order valence-electron chi connectivity index (χ4n) is 5.44. The molecule has 42 heavy (non-hydrogen) atoms. The van der Waals surface area contributed by atoms with Crippen molar-refractivity contribution in [1.29, 1.82) is 0 Å². The number of hydrogen-bond donors (Lipinski definition) is 1. The minimum Gasteiger partial charge on any atom is -0.468 e. The number of piperidine rings is 1. The number of carbonyl (C=O) groups excluding carboxylic acids is 1. The van der Waals surface area contributed by atoms with Crippen molar-refractivity contribution in [2.24, 2.45) is 5.92 Å². The van der Waals surface area contributed by atoms with Gasteiger partial charge in [0.2, 0.25) is 0 Å². The molecule has 10 nitrogen and oxygen atoms in total. The average Bonchev–Trinajstić information content (AvgIpc) is 3.38. The number of carbonyl (C=O) groups is 1. The zero-order valence-electron chi connectivity index (χ0n) is 25.9. The number of unbranched alkanes of at least 4 members (excludes halogenated alkanes) is 3. The predicted octanol–water partition coefficient (Wildman–Crippen LogP) is 5.75. The van der Waals surface area contributed by atoms with Gasteiger partial charge in [-0.2, -0.15) is 15.0 Å². The molecule has 1 fully saturated rings. The number of aromatic nitrogens is 4. The van der Waals surface area contributed by atoms with Crippen LogP contribution in [-0.4, -0.2) is 77.4 Å². The molecule has 0 saturated carbocycles. The fraction of sp³-hybridized carbons (Fsp3) is 0.625. The van der Waals surface area contributed by atoms with Crippen LogP contribution >= 0.6 is 0 Å². The van der Waals surface area contributed by atoms with Gasteiger partial charge in [-0.05, 0) is 88.2 Å². The van der Waals surface area contributed by atoms with Gasteiger partial charge in [0.15, 0.2) is 17.0 Å². The smallest absolute Gasteiger partial charge is 0.337 e. The van der Waals surface area contributed by atoms with E-state index in [1.807, 2.05) is 12.1 Å². The van der Waals surface area contributed by atoms with Gasteiger partial charge in [0.1, 0.15) is 0 Å². The molecule has 230 valence electrons. The van der Waals surface area contributed by atoms with Crippen molar-refractivity contribution in [2.45, 2.75) is 78.2 Å². The van der Waals surface area contributed by atoms with Crippen molar-refractivity contribution in [3.63, 3.8) is 0 Å². The number of fused-ring (bicyclic) bond motifs is 1. The Labute approximate surface area is 250 Å². The Morgan fingerprint density at radius 1 is 0.952 bits per heavy atom. The third-order valence-electron chi connectivity index (χ3n) is 7.99. The third kappa shape index (κ3) is 8.56. The molecule has 1 aromatic carbocycles. The maximum Gasteiger partial charge on any atom is 0.337 e. The highest BCUT2D eigenvalue weighted by Crippen LogP contribution is 2.28. The molecule has 0 amide bonds. The summed E-state index contributed by atoms with van der Waals surface area (Å²) in [5, 5.41) is 3.43. The summed E-state index contributed by atoms with van der Waals surface area (Å²) in [4.78, 5) is 28.4. The Kier molecular flexibility index (Phi) is 12.2. The fourth-order valence-corrected chi connectivity index (χ4v) is 5.44. The summed E-state index contributed by atoms with van der Waals surface area (Å²) in [7, 11) is 3.07. The van der Waals surface area contributed by atoms with Crippen LogP contribution in [0.4, 0.5) is 5.82 Å². The lowest BCUT2D eigenvalue weighted by molar-refractivity contribution is 0.0600. The van der Waals surface area contributed by atoms with E-state index in [0.717, 1.165) is 88.8 Å². The van der Waals surface area contributed by atoms with E-state index >= 15 is 0 Å². The zero-order chi connectivity index (χ0) is 29.7. The average molecular weight is 581 g/mol. The van der Waals surface area contributed by atoms with Crippen molar-refractivity contribution in [3.05, 3.63) is 35.4 Å². The number of rotatable bonds is 17. The quantitative estimate of drug-likeness (QED) is 0.158. The first-order valence-corrected chi connectivity index (χ1v) is 15.6. The van der Waals surface area contributed by atoms with Crippen LogP contribution in [0.2, 0.25) is 0 Å². The molecular formula is C32H48N6O4. The third-order valence-corrected chi connectivity index (χ3v) is 7.99. The Bertz CT molecular complexity index is 1250. The molecule has 0 radical (unpaired) electrons. The first kappa shape index (κ1) is 31.5. The molecule has 1 aliphatic rings. The number of benzene rings is 1. The zero-order valence-corrected chi connectivity index (χ0v) is 25.9. The van der Waals surface area contributed by atoms with E-state index in [1.165, 1.54) is 25.5 Å². The molecule has 2 aromatic heterocycles. The molecule has 3 aromatic rings. The van der Waals surface area contributed by atoms with Crippen LogP contribution in [0.25, 0.3) is 11.2 Å². The maximum atomic E-state index is 11.7. The Morgan fingerprint density at radius 2 is 1.69 bits per heavy atom. The van der Waals surface area contributed by atoms with Gasteiger partial charge in [-0.15, -0.1) is 0 Å². The molecule has 0 spiro atoms. The van der Waals surface area contributed by atoms with Crippen molar-refractivity contribution < 1.29 is 19.0 Å². The number of methoxy groups -OCH3 is 2. The molecule has 0 atom stereocenters. The summed E-state index contributed by atoms with van der Waals surface area (Å²) >= 11 is 0. The lowest BCUT2D eigenvalue weighted by Crippen LogP contribution is -2.35. The summed E-state index contributed by atoms with van der Waals surface area (Å²) < 4.78 is 18.4. The van der Waals surface area contributed by atoms with E-state index < -0.39 is 0 Å². The van der Waals surface area contributed by atoms with Crippen LogP contribution in [0, 0.1) is 5.92 Å². The van der Waals surface area contributed by atoms with Gasteiger partial charge in [-0.25, -0.2) is 4.79 Å². The number of hydrogen-bond acceptors (Lipinski definition) is 9. The monoisotopic (exact) mass is 580 g/mol. The normalized spacial score (nSPS) is 14.3. The second kappa shape index (κ2) is 16.3. The summed E-state index contributed by atoms with van der Waals surface area (Å²) in [6.45, 7) is 9.84. The highest BCUT2D eigenvalue weighted by atomic mass is 16.5. The van der Waals surface area contributed by atoms with E-state index in [9.17, 15) is 4.79 Å². The minimum atomic E-state index is -0.284. The minimum absolute atomic E-state index is 0.284. The van der Waals surface area contributed by atoms with Gasteiger partial charge in [0, 0.05) is 13.1 Å². The molecule has 1 N–H and O–H groups in total. The number of esters is 1. The molecule has 3 heterocycles. The largest absolute Gasteiger partial charge is 0.468 e. The topological polar surface area (TPSA) is 104 Å². The van der Waals surface area contributed by atoms with Gasteiger partial charge in [0.05, 0.1) is 26.4 Å². The summed E-state index contributed by atoms with van der Waals surface area (Å²) in [6.07, 6.45) is 9.72. The second-order valence-corrected chi connectivity index (χ2v) is 11.1. The molecule has 1 saturated heterocycles. The Morgan fingerprint density at radius 3 is 2.38 bits per heavy atom. The molecule has 4 rings (SSSR count). The van der Waals surface area contributed by atoms with Crippen LogP contribution < -0.4 is 14.8 Å². The number of anilines is 1. The second-order valence-electron chi connectivity index (χ2n) is 11.1. The molecule has 0 aliphatic carbocycles. The Balaban J connectivity index is 1.29. The SMILES string of the molecule is CCCCNc1nc(OCCCC)nc2c1nc(OC)n2CCCCN1CCC(Cc2ccc(C(=O)OC)cc2)CC1. The number of imidazole rings is 1. The highest BCUT2D eigenvalue weighted by Gasteiger charge is 2.21. The van der Waals surface area contributed by atoms with E-state index in [-0.39, 0.29) is 5.97 Å². The molecule has 10 heteroatoms. The first-order chi connectivity index (χ1) is 20.6. The van der Waals surface area contributed by atoms with Crippen LogP contribution in [-0.2, 0) is 17.7 Å². The van der Waals surface area contributed by atoms with Gasteiger partial charge in [-0.1, -0.05) is 38.8 Å². The number of likely N-dealkylation sites (tertiary alicyclic amines) is 1. The lowest BCUT2D eigenvalue weighted by Gasteiger charge is -2.32. The van der Waals surface area contributed by atoms with Gasteiger partial charge >= 0.3 is 12.0 Å². The molecule has 0 unspecified atom stereocenters. The molecule has 1 aliphatic heterocycles. The van der Waals surface area contributed by atoms with Crippen molar-refractivity contribution in [3.8, 4) is 12.0 Å². The van der Waals surface area contributed by atoms with Crippen molar-refractivity contribution >= 4 is 23.0 Å². The van der Waals surface area contributed by atoms with Crippen LogP contribution in [0.15, 0.2) is 24.3 Å². The van der Waals surface area contributed by atoms with Gasteiger partial charge in [-0.3, -0.25) is 4.57 Å². The number of nitrogens with zero attached hydrogens (tertiary/aromatic N) is 5. The molecular weight excluding hydrogens is 532 g/mol. The predicted molar refractivity (Wildman–Crippen MR) is 166 cm³/mol. The van der Waals surface area contributed by atoms with Gasteiger partial charge < -0.3 is 24.4 Å². The van der Waals surface area contributed by atoms with E-state index in [1.54, 1.807) is 7.11 Å². The highest BCUT2D eigenvalue weighted by molar-refractivity contribution is 5.89. The summed E-state index contributed by atoms with van der Waals surface area (Å²) in [6, 6.07) is 8.80. The number of nitrogens with one attached hydrogen (secondary N) is 1. The van der Waals surface area contributed by atoms with E-state index in [2.05, 4.69) is 45.7 Å². The summed E-state index contributed by atoms with van der Waals surface area (Å²) in [5.41, 5.74) is 3.38. The van der Waals surface area contributed by atoms with Gasteiger partial charge in [0.25, 0.3) is 6.01 Å². The van der Waals surface area contributed by atoms with Crippen LogP contribution in [0.1, 0.15) is 81.1 Å². The van der Waals surface area contributed by atoms with Crippen molar-refractivity contribution in [1.82, 2.24) is 24.4 Å². The van der Waals surface area contributed by atoms with Crippen LogP contribution in [0.5, 0.6) is 12.0 Å². The lowest BCUT2D eigenvalue weighted by atomic mass is 9.90. The summed E-state index contributed by atoms with van der Waals surface area (Å²) in [5.74, 6) is 1.10. The molecule has 0 bridgehead atoms. The van der Waals surface area contributed by atoms with E-state index in [4.69, 9.17) is 24.2 Å².